The number of carbonyl (C=O) groups is 2. The predicted molar refractivity (Wildman–Crippen MR) is 107 cm³/mol. The van der Waals surface area contributed by atoms with Crippen molar-refractivity contribution in [2.75, 3.05) is 32.8 Å². The maximum atomic E-state index is 12.9. The second kappa shape index (κ2) is 8.99. The summed E-state index contributed by atoms with van der Waals surface area (Å²) >= 11 is 0. The molecule has 4 aliphatic rings. The number of piperidine rings is 1. The van der Waals surface area contributed by atoms with Gasteiger partial charge in [0.1, 0.15) is 0 Å². The molecule has 3 amide bonds. The van der Waals surface area contributed by atoms with E-state index < -0.39 is 0 Å². The van der Waals surface area contributed by atoms with Gasteiger partial charge in [-0.2, -0.15) is 0 Å². The van der Waals surface area contributed by atoms with Crippen LogP contribution in [0.15, 0.2) is 0 Å². The lowest BCUT2D eigenvalue weighted by molar-refractivity contribution is -0.125. The fourth-order valence-electron chi connectivity index (χ4n) is 5.37. The summed E-state index contributed by atoms with van der Waals surface area (Å²) in [5, 5.41) is 6.27. The monoisotopic (exact) mass is 392 g/mol. The molecule has 3 aliphatic heterocycles. The van der Waals surface area contributed by atoms with Gasteiger partial charge in [0.25, 0.3) is 0 Å². The van der Waals surface area contributed by atoms with Crippen LogP contribution in [0.2, 0.25) is 0 Å². The normalized spacial score (nSPS) is 37.5. The molecule has 158 valence electrons. The van der Waals surface area contributed by atoms with Crippen LogP contribution in [0.4, 0.5) is 4.79 Å². The third-order valence-corrected chi connectivity index (χ3v) is 7.22. The smallest absolute Gasteiger partial charge is 0.317 e. The number of nitrogens with one attached hydrogen (secondary N) is 2. The molecule has 7 nitrogen and oxygen atoms in total. The predicted octanol–water partition coefficient (Wildman–Crippen LogP) is 1.72. The Hall–Kier alpha value is -1.34. The van der Waals surface area contributed by atoms with E-state index in [1.165, 1.54) is 25.7 Å². The lowest BCUT2D eigenvalue weighted by atomic mass is 9.86. The number of ether oxygens (including phenoxy) is 1. The second-order valence-electron chi connectivity index (χ2n) is 9.18. The number of carbonyl (C=O) groups excluding carboxylic acids is 2. The van der Waals surface area contributed by atoms with Crippen molar-refractivity contribution in [2.45, 2.75) is 82.5 Å². The van der Waals surface area contributed by atoms with Gasteiger partial charge in [-0.1, -0.05) is 6.92 Å². The molecule has 3 heterocycles. The second-order valence-corrected chi connectivity index (χ2v) is 9.18. The van der Waals surface area contributed by atoms with Crippen LogP contribution in [0.3, 0.4) is 0 Å². The summed E-state index contributed by atoms with van der Waals surface area (Å²) in [5.74, 6) is 0.942. The molecule has 4 rings (SSSR count). The van der Waals surface area contributed by atoms with Crippen molar-refractivity contribution < 1.29 is 14.3 Å². The van der Waals surface area contributed by atoms with Gasteiger partial charge in [-0.15, -0.1) is 0 Å². The minimum absolute atomic E-state index is 0.0149. The molecular weight excluding hydrogens is 356 g/mol. The molecule has 0 spiro atoms. The topological polar surface area (TPSA) is 73.9 Å². The summed E-state index contributed by atoms with van der Waals surface area (Å²) in [4.78, 5) is 29.3. The van der Waals surface area contributed by atoms with Crippen molar-refractivity contribution in [2.24, 2.45) is 5.92 Å². The van der Waals surface area contributed by atoms with E-state index in [-0.39, 0.29) is 30.1 Å². The largest absolute Gasteiger partial charge is 0.376 e. The Kier molecular flexibility index (Phi) is 6.41. The summed E-state index contributed by atoms with van der Waals surface area (Å²) in [7, 11) is 0. The minimum Gasteiger partial charge on any atom is -0.376 e. The fourth-order valence-corrected chi connectivity index (χ4v) is 5.37. The number of hydrogen-bond acceptors (Lipinski definition) is 4. The lowest BCUT2D eigenvalue weighted by Crippen LogP contribution is -2.63. The molecule has 0 radical (unpaired) electrons. The van der Waals surface area contributed by atoms with Crippen LogP contribution in [0.5, 0.6) is 0 Å². The number of amides is 3. The summed E-state index contributed by atoms with van der Waals surface area (Å²) in [6.07, 6.45) is 8.46. The number of nitrogens with zero attached hydrogens (tertiary/aromatic N) is 2. The van der Waals surface area contributed by atoms with Crippen molar-refractivity contribution >= 4 is 11.9 Å². The summed E-state index contributed by atoms with van der Waals surface area (Å²) in [6, 6.07) is 0.587. The first-order chi connectivity index (χ1) is 13.6. The van der Waals surface area contributed by atoms with Crippen LogP contribution in [-0.2, 0) is 9.53 Å². The Morgan fingerprint density at radius 1 is 1.07 bits per heavy atom. The summed E-state index contributed by atoms with van der Waals surface area (Å²) < 4.78 is 5.80. The van der Waals surface area contributed by atoms with Crippen LogP contribution >= 0.6 is 0 Å². The van der Waals surface area contributed by atoms with Crippen molar-refractivity contribution in [3.05, 3.63) is 0 Å². The van der Waals surface area contributed by atoms with E-state index in [1.807, 2.05) is 4.90 Å². The van der Waals surface area contributed by atoms with Crippen LogP contribution < -0.4 is 10.6 Å². The van der Waals surface area contributed by atoms with Crippen molar-refractivity contribution in [1.82, 2.24) is 20.4 Å². The van der Waals surface area contributed by atoms with E-state index in [0.29, 0.717) is 18.9 Å². The van der Waals surface area contributed by atoms with Crippen LogP contribution in [0.1, 0.15) is 58.3 Å². The van der Waals surface area contributed by atoms with Crippen LogP contribution in [-0.4, -0.2) is 78.8 Å². The first-order valence-corrected chi connectivity index (χ1v) is 11.3. The molecule has 3 saturated heterocycles. The Bertz CT molecular complexity index is 550. The zero-order valence-corrected chi connectivity index (χ0v) is 17.2. The molecule has 3 atom stereocenters. The molecule has 0 aromatic rings. The van der Waals surface area contributed by atoms with Crippen LogP contribution in [0, 0.1) is 5.92 Å². The Morgan fingerprint density at radius 3 is 2.50 bits per heavy atom. The molecule has 0 aromatic carbocycles. The highest BCUT2D eigenvalue weighted by molar-refractivity contribution is 5.79. The molecule has 2 N–H and O–H groups in total. The highest BCUT2D eigenvalue weighted by Gasteiger charge is 2.38. The molecule has 4 fully saturated rings. The van der Waals surface area contributed by atoms with Gasteiger partial charge in [0.15, 0.2) is 0 Å². The molecule has 1 aliphatic carbocycles. The van der Waals surface area contributed by atoms with Gasteiger partial charge in [-0.3, -0.25) is 9.69 Å². The molecule has 7 heteroatoms. The van der Waals surface area contributed by atoms with Gasteiger partial charge in [-0.25, -0.2) is 4.79 Å². The lowest BCUT2D eigenvalue weighted by Gasteiger charge is -2.42. The SMILES string of the molecule is CC1CCC(N2CCN(C(=O)NC3CCC(=O)NC3C3CCCO3)CC2)CC1. The Labute approximate surface area is 168 Å². The van der Waals surface area contributed by atoms with Crippen molar-refractivity contribution in [3.63, 3.8) is 0 Å². The van der Waals surface area contributed by atoms with Gasteiger partial charge >= 0.3 is 6.03 Å². The average molecular weight is 393 g/mol. The van der Waals surface area contributed by atoms with Gasteiger partial charge in [0, 0.05) is 45.2 Å². The quantitative estimate of drug-likeness (QED) is 0.767. The number of rotatable bonds is 3. The Morgan fingerprint density at radius 2 is 1.82 bits per heavy atom. The first kappa shape index (κ1) is 20.0. The fraction of sp³-hybridized carbons (Fsp3) is 0.905. The van der Waals surface area contributed by atoms with Crippen molar-refractivity contribution in [3.8, 4) is 0 Å². The number of urea groups is 1. The van der Waals surface area contributed by atoms with E-state index in [9.17, 15) is 9.59 Å². The standard InChI is InChI=1S/C21H36N4O3/c1-15-4-6-16(7-5-15)24-10-12-25(13-11-24)21(27)22-17-8-9-19(26)23-20(17)18-3-2-14-28-18/h15-18,20H,2-14H2,1H3,(H,22,27)(H,23,26). The van der Waals surface area contributed by atoms with Gasteiger partial charge in [-0.05, 0) is 50.9 Å². The third-order valence-electron chi connectivity index (χ3n) is 7.22. The minimum atomic E-state index is -0.0989. The molecular formula is C21H36N4O3. The molecule has 0 bridgehead atoms. The number of hydrogen-bond donors (Lipinski definition) is 2. The van der Waals surface area contributed by atoms with E-state index in [2.05, 4.69) is 22.5 Å². The number of piperazine rings is 1. The summed E-state index contributed by atoms with van der Waals surface area (Å²) in [5.41, 5.74) is 0. The zero-order chi connectivity index (χ0) is 19.5. The van der Waals surface area contributed by atoms with Crippen LogP contribution in [0.25, 0.3) is 0 Å². The zero-order valence-electron chi connectivity index (χ0n) is 17.2. The summed E-state index contributed by atoms with van der Waals surface area (Å²) in [6.45, 7) is 6.64. The molecule has 1 saturated carbocycles. The first-order valence-electron chi connectivity index (χ1n) is 11.3. The average Bonchev–Trinajstić information content (AvgIpc) is 3.25. The Balaban J connectivity index is 1.27. The van der Waals surface area contributed by atoms with E-state index >= 15 is 0 Å². The van der Waals surface area contributed by atoms with Gasteiger partial charge in [0.2, 0.25) is 5.91 Å². The van der Waals surface area contributed by atoms with Gasteiger partial charge in [0.05, 0.1) is 18.2 Å². The van der Waals surface area contributed by atoms with E-state index in [0.717, 1.165) is 51.5 Å². The maximum absolute atomic E-state index is 12.9. The van der Waals surface area contributed by atoms with Crippen molar-refractivity contribution in [1.29, 1.82) is 0 Å². The van der Waals surface area contributed by atoms with E-state index in [1.54, 1.807) is 0 Å². The van der Waals surface area contributed by atoms with E-state index in [4.69, 9.17) is 4.74 Å². The van der Waals surface area contributed by atoms with Gasteiger partial charge < -0.3 is 20.3 Å². The maximum Gasteiger partial charge on any atom is 0.317 e. The highest BCUT2D eigenvalue weighted by Crippen LogP contribution is 2.28. The third kappa shape index (κ3) is 4.62. The molecule has 0 aromatic heterocycles. The molecule has 3 unspecified atom stereocenters. The highest BCUT2D eigenvalue weighted by atomic mass is 16.5. The molecule has 28 heavy (non-hydrogen) atoms.